The molecule has 0 fully saturated rings. The summed E-state index contributed by atoms with van der Waals surface area (Å²) in [6.07, 6.45) is 3.03. The number of aliphatic imine (C=N–C) groups is 1. The molecule has 0 amide bonds. The van der Waals surface area contributed by atoms with Crippen LogP contribution in [-0.4, -0.2) is 46.0 Å². The van der Waals surface area contributed by atoms with Crippen molar-refractivity contribution in [2.75, 3.05) is 26.7 Å². The second-order valence-electron chi connectivity index (χ2n) is 5.50. The fourth-order valence-corrected chi connectivity index (χ4v) is 3.22. The minimum atomic E-state index is -3.62. The van der Waals surface area contributed by atoms with E-state index in [1.54, 1.807) is 13.1 Å². The van der Waals surface area contributed by atoms with Gasteiger partial charge in [-0.15, -0.1) is 24.0 Å². The number of pyridine rings is 1. The molecular weight excluding hydrogens is 503 g/mol. The average molecular weight is 525 g/mol. The van der Waals surface area contributed by atoms with E-state index in [9.17, 15) is 17.2 Å². The fraction of sp³-hybridized carbons (Fsp3) is 0.294. The van der Waals surface area contributed by atoms with Crippen molar-refractivity contribution in [1.82, 2.24) is 20.3 Å². The van der Waals surface area contributed by atoms with Crippen molar-refractivity contribution in [2.24, 2.45) is 4.99 Å². The third-order valence-corrected chi connectivity index (χ3v) is 5.02. The lowest BCUT2D eigenvalue weighted by atomic mass is 10.1. The Hall–Kier alpha value is -1.86. The lowest BCUT2D eigenvalue weighted by molar-refractivity contribution is 0.579. The van der Waals surface area contributed by atoms with Gasteiger partial charge < -0.3 is 10.6 Å². The Morgan fingerprint density at radius 1 is 1.14 bits per heavy atom. The monoisotopic (exact) mass is 525 g/mol. The van der Waals surface area contributed by atoms with Crippen molar-refractivity contribution < 1.29 is 17.2 Å². The molecule has 1 aromatic carbocycles. The summed E-state index contributed by atoms with van der Waals surface area (Å²) in [5, 5.41) is 5.89. The topological polar surface area (TPSA) is 95.5 Å². The van der Waals surface area contributed by atoms with Gasteiger partial charge in [-0.1, -0.05) is 0 Å². The van der Waals surface area contributed by atoms with Crippen molar-refractivity contribution in [3.8, 4) is 0 Å². The van der Waals surface area contributed by atoms with Gasteiger partial charge in [0.05, 0.1) is 0 Å². The standard InChI is InChI=1S/C17H21F2N5O2S.HI/c1-20-17(22-8-6-13-11-14(18)4-5-16(13)19)23-9-10-24-27(25,26)15-3-2-7-21-12-15;/h2-5,7,11-12,24H,6,8-10H2,1H3,(H2,20,22,23);1H. The molecule has 2 aromatic rings. The van der Waals surface area contributed by atoms with Crippen LogP contribution in [0.2, 0.25) is 0 Å². The number of hydrogen-bond donors (Lipinski definition) is 3. The van der Waals surface area contributed by atoms with Crippen LogP contribution in [0.25, 0.3) is 0 Å². The second kappa shape index (κ2) is 11.9. The molecule has 0 bridgehead atoms. The molecule has 0 radical (unpaired) electrons. The zero-order valence-electron chi connectivity index (χ0n) is 15.2. The van der Waals surface area contributed by atoms with Crippen LogP contribution in [0, 0.1) is 11.6 Å². The van der Waals surface area contributed by atoms with E-state index in [0.29, 0.717) is 12.5 Å². The zero-order valence-corrected chi connectivity index (χ0v) is 18.3. The molecule has 3 N–H and O–H groups in total. The van der Waals surface area contributed by atoms with E-state index in [-0.39, 0.29) is 53.9 Å². The van der Waals surface area contributed by atoms with Gasteiger partial charge in [0.1, 0.15) is 16.5 Å². The van der Waals surface area contributed by atoms with Crippen LogP contribution >= 0.6 is 24.0 Å². The van der Waals surface area contributed by atoms with Crippen molar-refractivity contribution in [1.29, 1.82) is 0 Å². The van der Waals surface area contributed by atoms with E-state index >= 15 is 0 Å². The van der Waals surface area contributed by atoms with Crippen molar-refractivity contribution >= 4 is 40.0 Å². The number of hydrogen-bond acceptors (Lipinski definition) is 4. The van der Waals surface area contributed by atoms with E-state index < -0.39 is 21.7 Å². The number of nitrogens with one attached hydrogen (secondary N) is 3. The van der Waals surface area contributed by atoms with Gasteiger partial charge in [-0.3, -0.25) is 9.98 Å². The van der Waals surface area contributed by atoms with Crippen molar-refractivity contribution in [3.63, 3.8) is 0 Å². The van der Waals surface area contributed by atoms with Gasteiger partial charge in [0, 0.05) is 39.1 Å². The number of benzene rings is 1. The highest BCUT2D eigenvalue weighted by Crippen LogP contribution is 2.09. The number of nitrogens with zero attached hydrogens (tertiary/aromatic N) is 2. The molecule has 0 atom stereocenters. The summed E-state index contributed by atoms with van der Waals surface area (Å²) >= 11 is 0. The lowest BCUT2D eigenvalue weighted by Gasteiger charge is -2.12. The second-order valence-corrected chi connectivity index (χ2v) is 7.26. The molecule has 0 aliphatic heterocycles. The Bertz CT molecular complexity index is 882. The van der Waals surface area contributed by atoms with Gasteiger partial charge in [0.15, 0.2) is 5.96 Å². The number of halogens is 3. The minimum Gasteiger partial charge on any atom is -0.356 e. The number of guanidine groups is 1. The SMILES string of the molecule is CN=C(NCCNS(=O)(=O)c1cccnc1)NCCc1cc(F)ccc1F.I. The zero-order chi connectivity index (χ0) is 19.7. The van der Waals surface area contributed by atoms with Crippen LogP contribution in [0.3, 0.4) is 0 Å². The summed E-state index contributed by atoms with van der Waals surface area (Å²) in [4.78, 5) is 7.86. The Morgan fingerprint density at radius 3 is 2.57 bits per heavy atom. The predicted octanol–water partition coefficient (Wildman–Crippen LogP) is 1.66. The maximum Gasteiger partial charge on any atom is 0.242 e. The van der Waals surface area contributed by atoms with Gasteiger partial charge in [-0.2, -0.15) is 0 Å². The Labute approximate surface area is 180 Å². The van der Waals surface area contributed by atoms with E-state index in [2.05, 4.69) is 25.3 Å². The molecule has 0 unspecified atom stereocenters. The Kier molecular flexibility index (Phi) is 10.2. The predicted molar refractivity (Wildman–Crippen MR) is 114 cm³/mol. The van der Waals surface area contributed by atoms with Gasteiger partial charge in [-0.05, 0) is 42.3 Å². The number of sulfonamides is 1. The first-order valence-corrected chi connectivity index (χ1v) is 9.69. The van der Waals surface area contributed by atoms with Gasteiger partial charge in [0.2, 0.25) is 10.0 Å². The maximum atomic E-state index is 13.6. The molecule has 1 heterocycles. The quantitative estimate of drug-likeness (QED) is 0.211. The first kappa shape index (κ1) is 24.2. The average Bonchev–Trinajstić information content (AvgIpc) is 2.67. The third-order valence-electron chi connectivity index (χ3n) is 3.57. The minimum absolute atomic E-state index is 0. The summed E-state index contributed by atoms with van der Waals surface area (Å²) in [6.45, 7) is 0.755. The molecule has 0 saturated carbocycles. The maximum absolute atomic E-state index is 13.6. The molecule has 0 spiro atoms. The summed E-state index contributed by atoms with van der Waals surface area (Å²) in [7, 11) is -2.06. The lowest BCUT2D eigenvalue weighted by Crippen LogP contribution is -2.42. The first-order valence-electron chi connectivity index (χ1n) is 8.20. The molecule has 154 valence electrons. The highest BCUT2D eigenvalue weighted by atomic mass is 127. The van der Waals surface area contributed by atoms with Crippen LogP contribution in [0.15, 0.2) is 52.6 Å². The smallest absolute Gasteiger partial charge is 0.242 e. The molecule has 0 aliphatic carbocycles. The molecule has 11 heteroatoms. The van der Waals surface area contributed by atoms with Gasteiger partial charge >= 0.3 is 0 Å². The fourth-order valence-electron chi connectivity index (χ4n) is 2.23. The number of rotatable bonds is 8. The molecule has 0 aliphatic rings. The van der Waals surface area contributed by atoms with Crippen molar-refractivity contribution in [2.45, 2.75) is 11.3 Å². The highest BCUT2D eigenvalue weighted by molar-refractivity contribution is 14.0. The Balaban J connectivity index is 0.00000392. The van der Waals surface area contributed by atoms with Crippen LogP contribution < -0.4 is 15.4 Å². The molecule has 2 rings (SSSR count). The third kappa shape index (κ3) is 7.64. The normalized spacial score (nSPS) is 11.6. The van der Waals surface area contributed by atoms with Gasteiger partial charge in [-0.25, -0.2) is 21.9 Å². The first-order chi connectivity index (χ1) is 12.9. The largest absolute Gasteiger partial charge is 0.356 e. The van der Waals surface area contributed by atoms with E-state index in [0.717, 1.165) is 18.2 Å². The Morgan fingerprint density at radius 2 is 1.89 bits per heavy atom. The van der Waals surface area contributed by atoms with Crippen LogP contribution in [0.4, 0.5) is 8.78 Å². The van der Waals surface area contributed by atoms with Crippen LogP contribution in [-0.2, 0) is 16.4 Å². The van der Waals surface area contributed by atoms with Crippen LogP contribution in [0.5, 0.6) is 0 Å². The van der Waals surface area contributed by atoms with Crippen molar-refractivity contribution in [3.05, 3.63) is 59.9 Å². The van der Waals surface area contributed by atoms with Crippen LogP contribution in [0.1, 0.15) is 5.56 Å². The number of aromatic nitrogens is 1. The van der Waals surface area contributed by atoms with E-state index in [4.69, 9.17) is 0 Å². The summed E-state index contributed by atoms with van der Waals surface area (Å²) in [5.41, 5.74) is 0.266. The highest BCUT2D eigenvalue weighted by Gasteiger charge is 2.12. The molecule has 0 saturated heterocycles. The molecule has 1 aromatic heterocycles. The summed E-state index contributed by atoms with van der Waals surface area (Å²) in [6, 6.07) is 6.31. The molecular formula is C17H22F2IN5O2S. The molecule has 28 heavy (non-hydrogen) atoms. The summed E-state index contributed by atoms with van der Waals surface area (Å²) in [5.74, 6) is -0.534. The summed E-state index contributed by atoms with van der Waals surface area (Å²) < 4.78 is 53.2. The van der Waals surface area contributed by atoms with E-state index in [1.165, 1.54) is 18.5 Å². The van der Waals surface area contributed by atoms with Gasteiger partial charge in [0.25, 0.3) is 0 Å². The molecule has 7 nitrogen and oxygen atoms in total. The van der Waals surface area contributed by atoms with E-state index in [1.807, 2.05) is 0 Å².